The number of aromatic nitrogens is 3. The summed E-state index contributed by atoms with van der Waals surface area (Å²) in [5.74, 6) is 1.79. The predicted octanol–water partition coefficient (Wildman–Crippen LogP) is 14.7. The van der Waals surface area contributed by atoms with Gasteiger partial charge in [0.2, 0.25) is 0 Å². The summed E-state index contributed by atoms with van der Waals surface area (Å²) in [5, 5.41) is 4.23. The molecule has 0 amide bonds. The SMILES string of the molecule is c1ccc(-c2nc(-c3ccc4c(c3)-c3ccccc3-c3ccccc3C43c4ccccc4-c4cc5oc6ccccc6c5cc43)nc(-c3cccc4oc5ccccc5c34)n2)cc1. The zero-order valence-corrected chi connectivity index (χ0v) is 33.7. The van der Waals surface area contributed by atoms with E-state index < -0.39 is 5.41 Å². The van der Waals surface area contributed by atoms with Gasteiger partial charge in [0.1, 0.15) is 22.3 Å². The summed E-state index contributed by atoms with van der Waals surface area (Å²) < 4.78 is 12.9. The molecule has 9 aromatic carbocycles. The van der Waals surface area contributed by atoms with Gasteiger partial charge in [0, 0.05) is 38.2 Å². The third kappa shape index (κ3) is 4.73. The van der Waals surface area contributed by atoms with Crippen molar-refractivity contribution in [2.45, 2.75) is 5.41 Å². The van der Waals surface area contributed by atoms with Gasteiger partial charge < -0.3 is 8.83 Å². The second kappa shape index (κ2) is 12.8. The Kier molecular flexibility index (Phi) is 6.97. The molecule has 0 saturated carbocycles. The molecule has 12 aromatic rings. The van der Waals surface area contributed by atoms with Crippen LogP contribution in [0.25, 0.3) is 111 Å². The van der Waals surface area contributed by atoms with Gasteiger partial charge in [-0.15, -0.1) is 0 Å². The second-order valence-electron chi connectivity index (χ2n) is 16.6. The van der Waals surface area contributed by atoms with Crippen LogP contribution < -0.4 is 0 Å². The van der Waals surface area contributed by atoms with Crippen molar-refractivity contribution >= 4 is 43.9 Å². The zero-order valence-electron chi connectivity index (χ0n) is 33.7. The van der Waals surface area contributed by atoms with Crippen LogP contribution in [0.4, 0.5) is 0 Å². The van der Waals surface area contributed by atoms with E-state index in [2.05, 4.69) is 146 Å². The van der Waals surface area contributed by atoms with E-state index in [0.29, 0.717) is 17.5 Å². The standard InChI is InChI=1S/C58H33N3O2/c1-2-15-34(16-3-1)55-59-56(61-57(60-55)42-23-14-28-52-54(42)41-22-9-13-27-51(41)62-52)35-29-30-48-43(31-35)37-18-5-4-17-36(37)38-19-6-10-24-46(38)58(48)47-25-11-7-20-39(47)44-33-53-45(32-49(44)58)40-21-8-12-26-50(40)63-53/h1-33H. The molecule has 1 unspecified atom stereocenters. The molecule has 0 fully saturated rings. The van der Waals surface area contributed by atoms with Crippen LogP contribution in [0.5, 0.6) is 0 Å². The van der Waals surface area contributed by atoms with E-state index in [9.17, 15) is 0 Å². The first-order valence-corrected chi connectivity index (χ1v) is 21.3. The molecule has 1 spiro atoms. The van der Waals surface area contributed by atoms with Gasteiger partial charge in [-0.3, -0.25) is 0 Å². The number of furan rings is 2. The van der Waals surface area contributed by atoms with Gasteiger partial charge in [-0.2, -0.15) is 0 Å². The van der Waals surface area contributed by atoms with Gasteiger partial charge in [-0.1, -0.05) is 164 Å². The molecule has 0 N–H and O–H groups in total. The minimum Gasteiger partial charge on any atom is -0.456 e. The molecule has 1 atom stereocenters. The Morgan fingerprint density at radius 1 is 0.286 bits per heavy atom. The van der Waals surface area contributed by atoms with Gasteiger partial charge >= 0.3 is 0 Å². The summed E-state index contributed by atoms with van der Waals surface area (Å²) in [6, 6.07) is 71.1. The van der Waals surface area contributed by atoms with Crippen molar-refractivity contribution in [3.05, 3.63) is 222 Å². The van der Waals surface area contributed by atoms with Crippen LogP contribution in [-0.4, -0.2) is 15.0 Å². The molecule has 5 nitrogen and oxygen atoms in total. The third-order valence-electron chi connectivity index (χ3n) is 13.4. The van der Waals surface area contributed by atoms with Crippen molar-refractivity contribution in [3.8, 4) is 67.5 Å². The molecule has 2 aliphatic carbocycles. The largest absolute Gasteiger partial charge is 0.456 e. The minimum atomic E-state index is -0.667. The average molecular weight is 804 g/mol. The van der Waals surface area contributed by atoms with Crippen LogP contribution in [0.1, 0.15) is 22.3 Å². The van der Waals surface area contributed by atoms with Crippen molar-refractivity contribution in [1.29, 1.82) is 0 Å². The van der Waals surface area contributed by atoms with Crippen LogP contribution in [0, 0.1) is 0 Å². The normalized spacial score (nSPS) is 14.7. The quantitative estimate of drug-likeness (QED) is 0.178. The lowest BCUT2D eigenvalue weighted by Gasteiger charge is -2.35. The number of hydrogen-bond donors (Lipinski definition) is 0. The Morgan fingerprint density at radius 2 is 0.810 bits per heavy atom. The Morgan fingerprint density at radius 3 is 1.59 bits per heavy atom. The van der Waals surface area contributed by atoms with E-state index in [-0.39, 0.29) is 0 Å². The van der Waals surface area contributed by atoms with Gasteiger partial charge in [-0.25, -0.2) is 15.0 Å². The molecule has 0 radical (unpaired) electrons. The van der Waals surface area contributed by atoms with E-state index in [4.69, 9.17) is 23.8 Å². The molecule has 14 rings (SSSR count). The highest BCUT2D eigenvalue weighted by atomic mass is 16.3. The van der Waals surface area contributed by atoms with Crippen molar-refractivity contribution in [2.75, 3.05) is 0 Å². The third-order valence-corrected chi connectivity index (χ3v) is 13.4. The number of fused-ring (bicyclic) bond motifs is 18. The average Bonchev–Trinajstić information content (AvgIpc) is 3.99. The first kappa shape index (κ1) is 34.3. The topological polar surface area (TPSA) is 65.0 Å². The molecule has 292 valence electrons. The highest BCUT2D eigenvalue weighted by molar-refractivity contribution is 6.12. The Hall–Kier alpha value is -8.41. The first-order valence-electron chi connectivity index (χ1n) is 21.3. The maximum absolute atomic E-state index is 6.55. The number of rotatable bonds is 3. The van der Waals surface area contributed by atoms with E-state index in [1.165, 1.54) is 44.5 Å². The fraction of sp³-hybridized carbons (Fsp3) is 0.0172. The lowest BCUT2D eigenvalue weighted by atomic mass is 9.65. The molecule has 63 heavy (non-hydrogen) atoms. The lowest BCUT2D eigenvalue weighted by Crippen LogP contribution is -2.29. The molecule has 2 aliphatic rings. The first-order chi connectivity index (χ1) is 31.2. The molecule has 5 heteroatoms. The monoisotopic (exact) mass is 803 g/mol. The maximum atomic E-state index is 6.55. The summed E-state index contributed by atoms with van der Waals surface area (Å²) >= 11 is 0. The second-order valence-corrected chi connectivity index (χ2v) is 16.6. The maximum Gasteiger partial charge on any atom is 0.164 e. The predicted molar refractivity (Wildman–Crippen MR) is 252 cm³/mol. The van der Waals surface area contributed by atoms with Crippen molar-refractivity contribution in [1.82, 2.24) is 15.0 Å². The minimum absolute atomic E-state index is 0.588. The van der Waals surface area contributed by atoms with Gasteiger partial charge in [0.05, 0.1) is 5.41 Å². The van der Waals surface area contributed by atoms with Gasteiger partial charge in [0.25, 0.3) is 0 Å². The van der Waals surface area contributed by atoms with Crippen molar-refractivity contribution in [3.63, 3.8) is 0 Å². The van der Waals surface area contributed by atoms with Crippen molar-refractivity contribution in [2.24, 2.45) is 0 Å². The highest BCUT2D eigenvalue weighted by Crippen LogP contribution is 2.62. The number of benzene rings is 9. The van der Waals surface area contributed by atoms with E-state index in [1.807, 2.05) is 54.6 Å². The lowest BCUT2D eigenvalue weighted by molar-refractivity contribution is 0.668. The molecule has 3 heterocycles. The van der Waals surface area contributed by atoms with Gasteiger partial charge in [0.15, 0.2) is 17.5 Å². The van der Waals surface area contributed by atoms with Crippen LogP contribution in [0.2, 0.25) is 0 Å². The summed E-state index contributed by atoms with van der Waals surface area (Å²) in [7, 11) is 0. The number of para-hydroxylation sites is 2. The highest BCUT2D eigenvalue weighted by Gasteiger charge is 2.50. The molecule has 3 aromatic heterocycles. The van der Waals surface area contributed by atoms with E-state index in [1.54, 1.807) is 0 Å². The summed E-state index contributed by atoms with van der Waals surface area (Å²) in [5.41, 5.74) is 17.5. The molecule has 0 saturated heterocycles. The Balaban J connectivity index is 1.07. The van der Waals surface area contributed by atoms with Crippen LogP contribution in [0.15, 0.2) is 209 Å². The Bertz CT molecular complexity index is 3880. The zero-order chi connectivity index (χ0) is 41.2. The van der Waals surface area contributed by atoms with Crippen LogP contribution in [0.3, 0.4) is 0 Å². The van der Waals surface area contributed by atoms with Crippen molar-refractivity contribution < 1.29 is 8.83 Å². The van der Waals surface area contributed by atoms with E-state index in [0.717, 1.165) is 71.7 Å². The summed E-state index contributed by atoms with van der Waals surface area (Å²) in [6.45, 7) is 0. The van der Waals surface area contributed by atoms with Crippen LogP contribution in [-0.2, 0) is 5.41 Å². The van der Waals surface area contributed by atoms with Crippen LogP contribution >= 0.6 is 0 Å². The fourth-order valence-electron chi connectivity index (χ4n) is 10.8. The Labute approximate surface area is 361 Å². The molecule has 0 bridgehead atoms. The fourth-order valence-corrected chi connectivity index (χ4v) is 10.8. The smallest absolute Gasteiger partial charge is 0.164 e. The summed E-state index contributed by atoms with van der Waals surface area (Å²) in [4.78, 5) is 15.8. The molecular weight excluding hydrogens is 771 g/mol. The van der Waals surface area contributed by atoms with E-state index >= 15 is 0 Å². The number of hydrogen-bond acceptors (Lipinski definition) is 5. The van der Waals surface area contributed by atoms with Gasteiger partial charge in [-0.05, 0) is 92.0 Å². The molecular formula is C58H33N3O2. The summed E-state index contributed by atoms with van der Waals surface area (Å²) in [6.07, 6.45) is 0. The number of nitrogens with zero attached hydrogens (tertiary/aromatic N) is 3. The molecule has 0 aliphatic heterocycles.